The monoisotopic (exact) mass is 272 g/mol. The molecule has 0 spiro atoms. The third-order valence-corrected chi connectivity index (χ3v) is 5.41. The fourth-order valence-corrected chi connectivity index (χ4v) is 4.14. The number of hydrogen-bond donors (Lipinski definition) is 1. The molecule has 0 aromatic rings. The van der Waals surface area contributed by atoms with Crippen molar-refractivity contribution < 1.29 is 0 Å². The van der Waals surface area contributed by atoms with Crippen LogP contribution in [0.1, 0.15) is 47.5 Å². The normalized spacial score (nSPS) is 24.5. The van der Waals surface area contributed by atoms with Crippen molar-refractivity contribution >= 4 is 11.8 Å². The molecule has 108 valence electrons. The lowest BCUT2D eigenvalue weighted by molar-refractivity contribution is 0.112. The van der Waals surface area contributed by atoms with Gasteiger partial charge in [-0.05, 0) is 42.5 Å². The molecule has 1 atom stereocenters. The van der Waals surface area contributed by atoms with Gasteiger partial charge < -0.3 is 5.73 Å². The molecule has 1 fully saturated rings. The molecule has 1 unspecified atom stereocenters. The second-order valence-corrected chi connectivity index (χ2v) is 8.41. The Morgan fingerprint density at radius 3 is 2.56 bits per heavy atom. The van der Waals surface area contributed by atoms with Gasteiger partial charge in [0.25, 0.3) is 0 Å². The van der Waals surface area contributed by atoms with Gasteiger partial charge in [-0.25, -0.2) is 0 Å². The van der Waals surface area contributed by atoms with Crippen LogP contribution >= 0.6 is 11.8 Å². The van der Waals surface area contributed by atoms with Crippen LogP contribution in [0.2, 0.25) is 0 Å². The highest BCUT2D eigenvalue weighted by molar-refractivity contribution is 7.99. The zero-order valence-electron chi connectivity index (χ0n) is 13.0. The molecular formula is C15H32N2S. The fraction of sp³-hybridized carbons (Fsp3) is 1.00. The molecule has 0 amide bonds. The summed E-state index contributed by atoms with van der Waals surface area (Å²) < 4.78 is 0. The summed E-state index contributed by atoms with van der Waals surface area (Å²) in [7, 11) is 0. The van der Waals surface area contributed by atoms with Crippen molar-refractivity contribution in [1.29, 1.82) is 0 Å². The molecule has 0 radical (unpaired) electrons. The first-order valence-corrected chi connectivity index (χ1v) is 8.47. The van der Waals surface area contributed by atoms with E-state index in [1.54, 1.807) is 0 Å². The molecule has 0 aromatic carbocycles. The zero-order chi connectivity index (χ0) is 13.8. The summed E-state index contributed by atoms with van der Waals surface area (Å²) >= 11 is 2.12. The molecule has 1 aliphatic rings. The Morgan fingerprint density at radius 2 is 2.06 bits per heavy atom. The van der Waals surface area contributed by atoms with E-state index in [-0.39, 0.29) is 5.41 Å². The summed E-state index contributed by atoms with van der Waals surface area (Å²) in [6, 6.07) is 0.740. The van der Waals surface area contributed by atoms with Gasteiger partial charge in [0.05, 0.1) is 0 Å². The molecule has 2 N–H and O–H groups in total. The van der Waals surface area contributed by atoms with Crippen LogP contribution in [0.5, 0.6) is 0 Å². The second kappa shape index (κ2) is 6.62. The quantitative estimate of drug-likeness (QED) is 0.805. The van der Waals surface area contributed by atoms with Gasteiger partial charge >= 0.3 is 0 Å². The van der Waals surface area contributed by atoms with Crippen molar-refractivity contribution in [1.82, 2.24) is 4.90 Å². The zero-order valence-corrected chi connectivity index (χ0v) is 13.8. The average molecular weight is 273 g/mol. The Bertz CT molecular complexity index is 251. The van der Waals surface area contributed by atoms with Crippen LogP contribution in [-0.4, -0.2) is 42.1 Å². The molecule has 0 bridgehead atoms. The number of thioether (sulfide) groups is 1. The van der Waals surface area contributed by atoms with Gasteiger partial charge in [-0.3, -0.25) is 4.90 Å². The highest BCUT2D eigenvalue weighted by Gasteiger charge is 2.33. The van der Waals surface area contributed by atoms with Gasteiger partial charge in [-0.2, -0.15) is 11.8 Å². The highest BCUT2D eigenvalue weighted by Crippen LogP contribution is 2.36. The molecule has 0 aliphatic carbocycles. The van der Waals surface area contributed by atoms with Gasteiger partial charge in [-0.1, -0.05) is 34.6 Å². The lowest BCUT2D eigenvalue weighted by Crippen LogP contribution is -2.49. The van der Waals surface area contributed by atoms with E-state index in [0.717, 1.165) is 19.1 Å². The number of rotatable bonds is 6. The largest absolute Gasteiger partial charge is 0.330 e. The van der Waals surface area contributed by atoms with Crippen molar-refractivity contribution in [3.63, 3.8) is 0 Å². The predicted molar refractivity (Wildman–Crippen MR) is 84.2 cm³/mol. The van der Waals surface area contributed by atoms with Crippen molar-refractivity contribution in [3.05, 3.63) is 0 Å². The Morgan fingerprint density at radius 1 is 1.39 bits per heavy atom. The van der Waals surface area contributed by atoms with E-state index in [2.05, 4.69) is 51.3 Å². The molecular weight excluding hydrogens is 240 g/mol. The number of nitrogens with zero attached hydrogens (tertiary/aromatic N) is 1. The maximum absolute atomic E-state index is 5.90. The molecule has 2 nitrogen and oxygen atoms in total. The third-order valence-electron chi connectivity index (χ3n) is 3.80. The molecule has 1 rings (SSSR count). The average Bonchev–Trinajstić information content (AvgIpc) is 2.27. The number of nitrogens with two attached hydrogens (primary N) is 1. The minimum absolute atomic E-state index is 0.238. The Balaban J connectivity index is 2.66. The van der Waals surface area contributed by atoms with Crippen LogP contribution in [0.15, 0.2) is 0 Å². The Kier molecular flexibility index (Phi) is 6.01. The highest BCUT2D eigenvalue weighted by atomic mass is 32.2. The Labute approximate surface area is 118 Å². The van der Waals surface area contributed by atoms with Crippen LogP contribution in [0.25, 0.3) is 0 Å². The third kappa shape index (κ3) is 5.10. The first-order valence-electron chi connectivity index (χ1n) is 7.31. The van der Waals surface area contributed by atoms with Crippen molar-refractivity contribution in [2.24, 2.45) is 16.6 Å². The smallest absolute Gasteiger partial charge is 0.0191 e. The summed E-state index contributed by atoms with van der Waals surface area (Å²) in [6.07, 6.45) is 2.57. The topological polar surface area (TPSA) is 29.3 Å². The van der Waals surface area contributed by atoms with Crippen LogP contribution in [0.4, 0.5) is 0 Å². The van der Waals surface area contributed by atoms with Crippen molar-refractivity contribution in [3.8, 4) is 0 Å². The lowest BCUT2D eigenvalue weighted by atomic mass is 9.85. The van der Waals surface area contributed by atoms with Gasteiger partial charge in [0, 0.05) is 18.3 Å². The maximum atomic E-state index is 5.90. The molecule has 1 saturated heterocycles. The standard InChI is InChI=1S/C15H32N2S/c1-6-7-17(11-15(4,5)10-16)13-8-14(2,3)12-18-9-13/h13H,6-12,16H2,1-5H3. The van der Waals surface area contributed by atoms with Gasteiger partial charge in [-0.15, -0.1) is 0 Å². The van der Waals surface area contributed by atoms with Crippen LogP contribution < -0.4 is 5.73 Å². The van der Waals surface area contributed by atoms with Crippen LogP contribution in [-0.2, 0) is 0 Å². The van der Waals surface area contributed by atoms with Crippen molar-refractivity contribution in [2.45, 2.75) is 53.5 Å². The van der Waals surface area contributed by atoms with Gasteiger partial charge in [0.15, 0.2) is 0 Å². The second-order valence-electron chi connectivity index (χ2n) is 7.38. The molecule has 3 heteroatoms. The minimum Gasteiger partial charge on any atom is -0.330 e. The van der Waals surface area contributed by atoms with Crippen LogP contribution in [0, 0.1) is 10.8 Å². The summed E-state index contributed by atoms with van der Waals surface area (Å²) in [5, 5.41) is 0. The van der Waals surface area contributed by atoms with E-state index in [9.17, 15) is 0 Å². The van der Waals surface area contributed by atoms with E-state index in [4.69, 9.17) is 5.73 Å². The van der Waals surface area contributed by atoms with E-state index in [0.29, 0.717) is 5.41 Å². The molecule has 0 aromatic heterocycles. The van der Waals surface area contributed by atoms with E-state index in [1.807, 2.05) is 0 Å². The van der Waals surface area contributed by atoms with Gasteiger partial charge in [0.1, 0.15) is 0 Å². The molecule has 0 saturated carbocycles. The van der Waals surface area contributed by atoms with E-state index < -0.39 is 0 Å². The summed E-state index contributed by atoms with van der Waals surface area (Å²) in [5.74, 6) is 2.60. The predicted octanol–water partition coefficient (Wildman–Crippen LogP) is 3.22. The first-order chi connectivity index (χ1) is 8.29. The number of hydrogen-bond acceptors (Lipinski definition) is 3. The summed E-state index contributed by atoms with van der Waals surface area (Å²) in [5.41, 5.74) is 6.63. The molecule has 18 heavy (non-hydrogen) atoms. The van der Waals surface area contributed by atoms with Crippen molar-refractivity contribution in [2.75, 3.05) is 31.1 Å². The maximum Gasteiger partial charge on any atom is 0.0191 e. The van der Waals surface area contributed by atoms with Gasteiger partial charge in [0.2, 0.25) is 0 Å². The fourth-order valence-electron chi connectivity index (χ4n) is 2.75. The lowest BCUT2D eigenvalue weighted by Gasteiger charge is -2.43. The van der Waals surface area contributed by atoms with E-state index in [1.165, 1.54) is 30.9 Å². The van der Waals surface area contributed by atoms with E-state index >= 15 is 0 Å². The Hall–Kier alpha value is 0.270. The molecule has 1 aliphatic heterocycles. The molecule has 1 heterocycles. The summed E-state index contributed by atoms with van der Waals surface area (Å²) in [4.78, 5) is 2.70. The van der Waals surface area contributed by atoms with Crippen LogP contribution in [0.3, 0.4) is 0 Å². The first kappa shape index (κ1) is 16.3. The minimum atomic E-state index is 0.238. The SMILES string of the molecule is CCCN(CC(C)(C)CN)C1CSCC(C)(C)C1. The summed E-state index contributed by atoms with van der Waals surface area (Å²) in [6.45, 7) is 14.8.